The van der Waals surface area contributed by atoms with E-state index in [1.54, 1.807) is 12.1 Å². The summed E-state index contributed by atoms with van der Waals surface area (Å²) in [6, 6.07) is 13.4. The molecule has 0 radical (unpaired) electrons. The lowest BCUT2D eigenvalue weighted by Crippen LogP contribution is -2.43. The summed E-state index contributed by atoms with van der Waals surface area (Å²) < 4.78 is 14.1. The molecule has 1 fully saturated rings. The first-order valence-corrected chi connectivity index (χ1v) is 14.3. The summed E-state index contributed by atoms with van der Waals surface area (Å²) in [5.74, 6) is 0.945. The maximum atomic E-state index is 14.1. The number of rotatable bonds is 11. The molecular weight excluding hydrogens is 477 g/mol. The number of hydrogen-bond acceptors (Lipinski definition) is 3. The Morgan fingerprint density at radius 2 is 2.03 bits per heavy atom. The van der Waals surface area contributed by atoms with Gasteiger partial charge >= 0.3 is 5.97 Å². The Morgan fingerprint density at radius 3 is 2.71 bits per heavy atom. The van der Waals surface area contributed by atoms with E-state index >= 15 is 0 Å². The predicted octanol–water partition coefficient (Wildman–Crippen LogP) is 6.83. The maximum absolute atomic E-state index is 14.1. The average Bonchev–Trinajstić information content (AvgIpc) is 3.52. The number of aromatic nitrogens is 2. The number of aromatic amines is 1. The van der Waals surface area contributed by atoms with Crippen LogP contribution in [-0.2, 0) is 17.6 Å². The lowest BCUT2D eigenvalue weighted by atomic mass is 9.55. The van der Waals surface area contributed by atoms with Crippen LogP contribution in [0.1, 0.15) is 75.7 Å². The Balaban J connectivity index is 1.33. The number of nitrogens with one attached hydrogen (secondary N) is 1. The number of H-pyrrole nitrogens is 1. The molecule has 1 heterocycles. The molecule has 6 heteroatoms. The quantitative estimate of drug-likeness (QED) is 0.291. The second-order valence-electron chi connectivity index (χ2n) is 12.2. The third-order valence-corrected chi connectivity index (χ3v) is 9.76. The van der Waals surface area contributed by atoms with Crippen molar-refractivity contribution in [1.82, 2.24) is 14.9 Å². The van der Waals surface area contributed by atoms with Crippen LogP contribution in [0, 0.1) is 28.5 Å². The first-order chi connectivity index (χ1) is 18.2. The van der Waals surface area contributed by atoms with Gasteiger partial charge in [-0.25, -0.2) is 9.37 Å². The number of fused-ring (bicyclic) bond motifs is 2. The van der Waals surface area contributed by atoms with Crippen LogP contribution in [0.5, 0.6) is 0 Å². The van der Waals surface area contributed by atoms with Crippen molar-refractivity contribution < 1.29 is 14.3 Å². The number of carboxylic acid groups (broad SMARTS) is 1. The van der Waals surface area contributed by atoms with Gasteiger partial charge in [-0.1, -0.05) is 39.0 Å². The van der Waals surface area contributed by atoms with Gasteiger partial charge in [0.2, 0.25) is 0 Å². The van der Waals surface area contributed by atoms with Gasteiger partial charge in [-0.15, -0.1) is 0 Å². The number of benzene rings is 2. The predicted molar refractivity (Wildman–Crippen MR) is 150 cm³/mol. The van der Waals surface area contributed by atoms with E-state index in [0.717, 1.165) is 74.0 Å². The van der Waals surface area contributed by atoms with E-state index in [1.165, 1.54) is 5.56 Å². The number of aliphatic carboxylic acids is 1. The third kappa shape index (κ3) is 4.76. The Bertz CT molecular complexity index is 1270. The second kappa shape index (κ2) is 10.4. The highest BCUT2D eigenvalue weighted by Crippen LogP contribution is 2.71. The molecule has 0 bridgehead atoms. The first kappa shape index (κ1) is 26.9. The first-order valence-electron chi connectivity index (χ1n) is 14.3. The van der Waals surface area contributed by atoms with E-state index in [2.05, 4.69) is 36.8 Å². The van der Waals surface area contributed by atoms with Gasteiger partial charge in [-0.05, 0) is 117 Å². The lowest BCUT2D eigenvalue weighted by molar-refractivity contribution is -0.145. The zero-order valence-electron chi connectivity index (χ0n) is 23.3. The van der Waals surface area contributed by atoms with E-state index in [-0.39, 0.29) is 23.1 Å². The molecule has 2 N–H and O–H groups in total. The van der Waals surface area contributed by atoms with Gasteiger partial charge in [0, 0.05) is 6.42 Å². The molecule has 38 heavy (non-hydrogen) atoms. The molecular formula is C32H42FN3O2. The molecule has 2 aliphatic carbocycles. The minimum absolute atomic E-state index is 0.0968. The standard InChI is InChI=1S/C32H42FN3O2/c1-5-31(30(37)38)20-27(31)32(15-14-22-19-23(33)12-13-24(22)29(32)21(2)3)16-18-36(4)17-8-11-28-34-25-9-6-7-10-26(25)35-28/h6-7,9-10,12-13,19,21,27,29H,5,8,11,14-18,20H2,1-4H3,(H,34,35)(H,37,38)/t27?,29-,31?,32+/m1/s1. The van der Waals surface area contributed by atoms with Gasteiger partial charge in [-0.3, -0.25) is 4.79 Å². The fourth-order valence-electron chi connectivity index (χ4n) is 7.78. The van der Waals surface area contributed by atoms with Crippen molar-refractivity contribution in [2.75, 3.05) is 20.1 Å². The van der Waals surface area contributed by atoms with Crippen LogP contribution in [0.15, 0.2) is 42.5 Å². The molecule has 3 aromatic rings. The molecule has 0 aliphatic heterocycles. The monoisotopic (exact) mass is 519 g/mol. The molecule has 1 saturated carbocycles. The summed E-state index contributed by atoms with van der Waals surface area (Å²) in [7, 11) is 2.18. The molecule has 5 rings (SSSR count). The van der Waals surface area contributed by atoms with E-state index < -0.39 is 11.4 Å². The van der Waals surface area contributed by atoms with Gasteiger partial charge in [0.25, 0.3) is 0 Å². The van der Waals surface area contributed by atoms with Crippen LogP contribution in [0.25, 0.3) is 11.0 Å². The molecule has 5 nitrogen and oxygen atoms in total. The van der Waals surface area contributed by atoms with Crippen molar-refractivity contribution in [1.29, 1.82) is 0 Å². The molecule has 204 valence electrons. The van der Waals surface area contributed by atoms with Gasteiger partial charge in [0.05, 0.1) is 16.4 Å². The number of carboxylic acids is 1. The number of para-hydroxylation sites is 2. The van der Waals surface area contributed by atoms with Crippen molar-refractivity contribution in [3.05, 3.63) is 65.2 Å². The van der Waals surface area contributed by atoms with Crippen LogP contribution < -0.4 is 0 Å². The normalized spacial score (nSPS) is 26.7. The smallest absolute Gasteiger partial charge is 0.309 e. The molecule has 0 amide bonds. The van der Waals surface area contributed by atoms with Gasteiger partial charge in [0.15, 0.2) is 0 Å². The Labute approximate surface area is 225 Å². The van der Waals surface area contributed by atoms with E-state index in [9.17, 15) is 14.3 Å². The lowest BCUT2D eigenvalue weighted by Gasteiger charge is -2.49. The Kier molecular flexibility index (Phi) is 7.38. The summed E-state index contributed by atoms with van der Waals surface area (Å²) in [5.41, 5.74) is 3.72. The van der Waals surface area contributed by atoms with E-state index in [4.69, 9.17) is 4.98 Å². The molecule has 2 aromatic carbocycles. The van der Waals surface area contributed by atoms with Crippen LogP contribution in [0.3, 0.4) is 0 Å². The maximum Gasteiger partial charge on any atom is 0.309 e. The molecule has 1 aromatic heterocycles. The van der Waals surface area contributed by atoms with Crippen molar-refractivity contribution in [3.63, 3.8) is 0 Å². The summed E-state index contributed by atoms with van der Waals surface area (Å²) in [6.07, 6.45) is 6.06. The van der Waals surface area contributed by atoms with Crippen molar-refractivity contribution in [2.45, 2.75) is 71.6 Å². The van der Waals surface area contributed by atoms with Crippen LogP contribution in [0.2, 0.25) is 0 Å². The Hall–Kier alpha value is -2.73. The number of aryl methyl sites for hydroxylation is 2. The second-order valence-corrected chi connectivity index (χ2v) is 12.2. The minimum Gasteiger partial charge on any atom is -0.481 e. The van der Waals surface area contributed by atoms with Gasteiger partial charge < -0.3 is 15.0 Å². The molecule has 2 unspecified atom stereocenters. The third-order valence-electron chi connectivity index (χ3n) is 9.76. The zero-order chi connectivity index (χ0) is 27.1. The summed E-state index contributed by atoms with van der Waals surface area (Å²) in [6.45, 7) is 8.43. The number of nitrogens with zero attached hydrogens (tertiary/aromatic N) is 2. The minimum atomic E-state index is -0.643. The van der Waals surface area contributed by atoms with Crippen LogP contribution >= 0.6 is 0 Å². The van der Waals surface area contributed by atoms with E-state index in [0.29, 0.717) is 12.3 Å². The number of halogens is 1. The Morgan fingerprint density at radius 1 is 1.24 bits per heavy atom. The highest BCUT2D eigenvalue weighted by molar-refractivity contribution is 5.79. The fraction of sp³-hybridized carbons (Fsp3) is 0.562. The number of carbonyl (C=O) groups is 1. The molecule has 0 spiro atoms. The molecule has 0 saturated heterocycles. The van der Waals surface area contributed by atoms with Crippen molar-refractivity contribution in [3.8, 4) is 0 Å². The van der Waals surface area contributed by atoms with Crippen LogP contribution in [0.4, 0.5) is 4.39 Å². The highest BCUT2D eigenvalue weighted by atomic mass is 19.1. The van der Waals surface area contributed by atoms with Crippen molar-refractivity contribution in [2.24, 2.45) is 22.7 Å². The topological polar surface area (TPSA) is 69.2 Å². The number of hydrogen-bond donors (Lipinski definition) is 2. The SMILES string of the molecule is CCC1(C(=O)O)CC1[C@@]1(CCN(C)CCCc2nc3ccccc3[nH]2)CCc2cc(F)ccc2[C@H]1C(C)C. The largest absolute Gasteiger partial charge is 0.481 e. The highest BCUT2D eigenvalue weighted by Gasteiger charge is 2.68. The van der Waals surface area contributed by atoms with Crippen LogP contribution in [-0.4, -0.2) is 46.1 Å². The number of imidazole rings is 1. The summed E-state index contributed by atoms with van der Waals surface area (Å²) in [4.78, 5) is 23.0. The zero-order valence-corrected chi connectivity index (χ0v) is 23.3. The van der Waals surface area contributed by atoms with E-state index in [1.807, 2.05) is 31.2 Å². The van der Waals surface area contributed by atoms with Gasteiger partial charge in [-0.2, -0.15) is 0 Å². The van der Waals surface area contributed by atoms with Crippen molar-refractivity contribution >= 4 is 17.0 Å². The summed E-state index contributed by atoms with van der Waals surface area (Å²) >= 11 is 0. The average molecular weight is 520 g/mol. The summed E-state index contributed by atoms with van der Waals surface area (Å²) in [5, 5.41) is 10.3. The van der Waals surface area contributed by atoms with Gasteiger partial charge in [0.1, 0.15) is 11.6 Å². The molecule has 4 atom stereocenters. The molecule has 2 aliphatic rings. The fourth-order valence-corrected chi connectivity index (χ4v) is 7.78.